The predicted molar refractivity (Wildman–Crippen MR) is 120 cm³/mol. The van der Waals surface area contributed by atoms with Gasteiger partial charge in [0.2, 0.25) is 10.0 Å². The molecule has 3 aromatic carbocycles. The standard InChI is InChI=1S/C22H19BrN2O4S/c23-17-9-6-10-18(13-17)24-22(26)21-14-25(19-11-4-5-12-20(19)29-21)30(27,28)15-16-7-2-1-3-8-16/h1-13,21H,14-15H2,(H,24,26)/t21-/m0/s1. The molecule has 0 saturated carbocycles. The fourth-order valence-electron chi connectivity index (χ4n) is 3.25. The van der Waals surface area contributed by atoms with Crippen LogP contribution in [-0.2, 0) is 20.6 Å². The van der Waals surface area contributed by atoms with Crippen molar-refractivity contribution >= 4 is 43.2 Å². The normalized spacial score (nSPS) is 15.8. The van der Waals surface area contributed by atoms with E-state index in [1.165, 1.54) is 4.31 Å². The zero-order valence-corrected chi connectivity index (χ0v) is 18.3. The summed E-state index contributed by atoms with van der Waals surface area (Å²) in [5, 5.41) is 2.79. The minimum Gasteiger partial charge on any atom is -0.476 e. The molecular formula is C22H19BrN2O4S. The Morgan fingerprint density at radius 2 is 1.77 bits per heavy atom. The highest BCUT2D eigenvalue weighted by molar-refractivity contribution is 9.10. The van der Waals surface area contributed by atoms with Crippen molar-refractivity contribution in [1.29, 1.82) is 0 Å². The maximum Gasteiger partial charge on any atom is 0.267 e. The molecule has 0 aromatic heterocycles. The van der Waals surface area contributed by atoms with Crippen LogP contribution in [-0.4, -0.2) is 27.0 Å². The van der Waals surface area contributed by atoms with Crippen molar-refractivity contribution in [1.82, 2.24) is 0 Å². The van der Waals surface area contributed by atoms with Gasteiger partial charge in [-0.05, 0) is 35.9 Å². The van der Waals surface area contributed by atoms with Crippen molar-refractivity contribution in [2.24, 2.45) is 0 Å². The molecular weight excluding hydrogens is 468 g/mol. The molecule has 1 atom stereocenters. The maximum absolute atomic E-state index is 13.2. The Hall–Kier alpha value is -2.84. The molecule has 0 radical (unpaired) electrons. The van der Waals surface area contributed by atoms with E-state index in [1.807, 2.05) is 12.1 Å². The van der Waals surface area contributed by atoms with Crippen LogP contribution in [0.15, 0.2) is 83.3 Å². The first-order chi connectivity index (χ1) is 14.4. The number of sulfonamides is 1. The fraction of sp³-hybridized carbons (Fsp3) is 0.136. The van der Waals surface area contributed by atoms with Crippen LogP contribution in [0.3, 0.4) is 0 Å². The Kier molecular flexibility index (Phi) is 5.78. The van der Waals surface area contributed by atoms with Crippen molar-refractivity contribution in [2.75, 3.05) is 16.2 Å². The Bertz CT molecular complexity index is 1170. The second kappa shape index (κ2) is 8.49. The molecule has 0 spiro atoms. The van der Waals surface area contributed by atoms with Gasteiger partial charge in [0.1, 0.15) is 5.75 Å². The van der Waals surface area contributed by atoms with E-state index < -0.39 is 22.0 Å². The van der Waals surface area contributed by atoms with E-state index in [0.717, 1.165) is 4.47 Å². The third-order valence-electron chi connectivity index (χ3n) is 4.65. The predicted octanol–water partition coefficient (Wildman–Crippen LogP) is 4.19. The first-order valence-corrected chi connectivity index (χ1v) is 11.7. The molecule has 1 heterocycles. The van der Waals surface area contributed by atoms with Gasteiger partial charge in [0.15, 0.2) is 6.10 Å². The van der Waals surface area contributed by atoms with Crippen molar-refractivity contribution in [3.8, 4) is 5.75 Å². The second-order valence-electron chi connectivity index (χ2n) is 6.85. The molecule has 1 aliphatic rings. The van der Waals surface area contributed by atoms with E-state index >= 15 is 0 Å². The van der Waals surface area contributed by atoms with E-state index in [0.29, 0.717) is 22.7 Å². The molecule has 0 bridgehead atoms. The van der Waals surface area contributed by atoms with Crippen LogP contribution < -0.4 is 14.4 Å². The summed E-state index contributed by atoms with van der Waals surface area (Å²) < 4.78 is 34.4. The molecule has 8 heteroatoms. The molecule has 1 N–H and O–H groups in total. The van der Waals surface area contributed by atoms with Crippen LogP contribution in [0.2, 0.25) is 0 Å². The average Bonchev–Trinajstić information content (AvgIpc) is 2.73. The molecule has 4 rings (SSSR count). The summed E-state index contributed by atoms with van der Waals surface area (Å²) >= 11 is 3.37. The lowest BCUT2D eigenvalue weighted by atomic mass is 10.2. The second-order valence-corrected chi connectivity index (χ2v) is 9.66. The van der Waals surface area contributed by atoms with Crippen LogP contribution in [0.5, 0.6) is 5.75 Å². The summed E-state index contributed by atoms with van der Waals surface area (Å²) in [6, 6.07) is 23.0. The number of carbonyl (C=O) groups is 1. The summed E-state index contributed by atoms with van der Waals surface area (Å²) in [7, 11) is -3.73. The van der Waals surface area contributed by atoms with Crippen LogP contribution in [0.25, 0.3) is 0 Å². The van der Waals surface area contributed by atoms with Gasteiger partial charge >= 0.3 is 0 Å². The first kappa shape index (κ1) is 20.4. The monoisotopic (exact) mass is 486 g/mol. The molecule has 30 heavy (non-hydrogen) atoms. The highest BCUT2D eigenvalue weighted by atomic mass is 79.9. The van der Waals surface area contributed by atoms with Crippen molar-refractivity contribution in [3.05, 3.63) is 88.9 Å². The summed E-state index contributed by atoms with van der Waals surface area (Å²) in [4.78, 5) is 12.8. The van der Waals surface area contributed by atoms with Gasteiger partial charge in [-0.2, -0.15) is 0 Å². The average molecular weight is 487 g/mol. The van der Waals surface area contributed by atoms with Gasteiger partial charge in [0.25, 0.3) is 5.91 Å². The smallest absolute Gasteiger partial charge is 0.267 e. The van der Waals surface area contributed by atoms with Gasteiger partial charge in [-0.15, -0.1) is 0 Å². The van der Waals surface area contributed by atoms with E-state index in [9.17, 15) is 13.2 Å². The highest BCUT2D eigenvalue weighted by Gasteiger charge is 2.36. The minimum atomic E-state index is -3.73. The lowest BCUT2D eigenvalue weighted by molar-refractivity contribution is -0.122. The van der Waals surface area contributed by atoms with Gasteiger partial charge in [0.05, 0.1) is 18.0 Å². The number of amides is 1. The number of hydrogen-bond donors (Lipinski definition) is 1. The minimum absolute atomic E-state index is 0.105. The van der Waals surface area contributed by atoms with Gasteiger partial charge < -0.3 is 10.1 Å². The van der Waals surface area contributed by atoms with E-state index in [4.69, 9.17) is 4.74 Å². The lowest BCUT2D eigenvalue weighted by Crippen LogP contribution is -2.49. The largest absolute Gasteiger partial charge is 0.476 e. The van der Waals surface area contributed by atoms with Crippen molar-refractivity contribution in [2.45, 2.75) is 11.9 Å². The Balaban J connectivity index is 1.61. The zero-order chi connectivity index (χ0) is 21.1. The first-order valence-electron chi connectivity index (χ1n) is 9.29. The molecule has 0 unspecified atom stereocenters. The summed E-state index contributed by atoms with van der Waals surface area (Å²) in [6.07, 6.45) is -0.982. The number of ether oxygens (including phenoxy) is 1. The number of anilines is 2. The number of rotatable bonds is 5. The molecule has 154 valence electrons. The van der Waals surface area contributed by atoms with Gasteiger partial charge in [-0.1, -0.05) is 64.5 Å². The van der Waals surface area contributed by atoms with Gasteiger partial charge in [-0.3, -0.25) is 9.10 Å². The summed E-state index contributed by atoms with van der Waals surface area (Å²) in [5.74, 6) is -0.223. The molecule has 3 aromatic rings. The third-order valence-corrected chi connectivity index (χ3v) is 6.86. The topological polar surface area (TPSA) is 75.7 Å². The van der Waals surface area contributed by atoms with Crippen LogP contribution >= 0.6 is 15.9 Å². The molecule has 0 aliphatic carbocycles. The number of fused-ring (bicyclic) bond motifs is 1. The molecule has 6 nitrogen and oxygen atoms in total. The summed E-state index contributed by atoms with van der Waals surface area (Å²) in [6.45, 7) is -0.105. The number of halogens is 1. The van der Waals surface area contributed by atoms with Crippen LogP contribution in [0.1, 0.15) is 5.56 Å². The summed E-state index contributed by atoms with van der Waals surface area (Å²) in [5.41, 5.74) is 1.70. The Morgan fingerprint density at radius 1 is 1.03 bits per heavy atom. The highest BCUT2D eigenvalue weighted by Crippen LogP contribution is 2.36. The third kappa shape index (κ3) is 4.49. The fourth-order valence-corrected chi connectivity index (χ4v) is 5.24. The molecule has 0 fully saturated rings. The van der Waals surface area contributed by atoms with E-state index in [1.54, 1.807) is 66.7 Å². The maximum atomic E-state index is 13.2. The molecule has 1 aliphatic heterocycles. The van der Waals surface area contributed by atoms with Crippen molar-refractivity contribution < 1.29 is 17.9 Å². The zero-order valence-electron chi connectivity index (χ0n) is 15.9. The Morgan fingerprint density at radius 3 is 2.53 bits per heavy atom. The quantitative estimate of drug-likeness (QED) is 0.586. The van der Waals surface area contributed by atoms with E-state index in [-0.39, 0.29) is 12.3 Å². The number of hydrogen-bond acceptors (Lipinski definition) is 4. The van der Waals surface area contributed by atoms with E-state index in [2.05, 4.69) is 21.2 Å². The van der Waals surface area contributed by atoms with Gasteiger partial charge in [-0.25, -0.2) is 8.42 Å². The van der Waals surface area contributed by atoms with Gasteiger partial charge in [0, 0.05) is 10.2 Å². The SMILES string of the molecule is O=C(Nc1cccc(Br)c1)[C@@H]1CN(S(=O)(=O)Cc2ccccc2)c2ccccc2O1. The number of para-hydroxylation sites is 2. The number of nitrogens with one attached hydrogen (secondary N) is 1. The number of benzene rings is 3. The molecule has 0 saturated heterocycles. The van der Waals surface area contributed by atoms with Crippen molar-refractivity contribution in [3.63, 3.8) is 0 Å². The number of nitrogens with zero attached hydrogens (tertiary/aromatic N) is 1. The Labute approximate surface area is 183 Å². The lowest BCUT2D eigenvalue weighted by Gasteiger charge is -2.34. The van der Waals surface area contributed by atoms with Crippen LogP contribution in [0.4, 0.5) is 11.4 Å². The number of carbonyl (C=O) groups excluding carboxylic acids is 1. The molecule has 1 amide bonds. The van der Waals surface area contributed by atoms with Crippen LogP contribution in [0, 0.1) is 0 Å².